The molecule has 4 aromatic rings. The van der Waals surface area contributed by atoms with Gasteiger partial charge in [-0.1, -0.05) is 47.5 Å². The lowest BCUT2D eigenvalue weighted by molar-refractivity contribution is -0.124. The number of para-hydroxylation sites is 1. The zero-order valence-corrected chi connectivity index (χ0v) is 32.2. The highest BCUT2D eigenvalue weighted by Crippen LogP contribution is 2.36. The van der Waals surface area contributed by atoms with Crippen molar-refractivity contribution in [2.75, 3.05) is 26.7 Å². The quantitative estimate of drug-likeness (QED) is 0.0740. The van der Waals surface area contributed by atoms with Crippen molar-refractivity contribution in [3.8, 4) is 5.75 Å². The lowest BCUT2D eigenvalue weighted by Crippen LogP contribution is -2.46. The molecule has 11 nitrogen and oxygen atoms in total. The van der Waals surface area contributed by atoms with E-state index in [9.17, 15) is 18.0 Å². The number of hydrogen-bond acceptors (Lipinski definition) is 8. The minimum Gasteiger partial charge on any atom is -0.487 e. The van der Waals surface area contributed by atoms with Gasteiger partial charge in [0.2, 0.25) is 15.9 Å². The number of rotatable bonds is 12. The summed E-state index contributed by atoms with van der Waals surface area (Å²) < 4.78 is 35.2. The van der Waals surface area contributed by atoms with Gasteiger partial charge >= 0.3 is 0 Å². The zero-order valence-electron chi connectivity index (χ0n) is 28.3. The van der Waals surface area contributed by atoms with Gasteiger partial charge in [-0.3, -0.25) is 9.59 Å². The van der Waals surface area contributed by atoms with Crippen molar-refractivity contribution < 1.29 is 22.7 Å². The average molecular weight is 799 g/mol. The third kappa shape index (κ3) is 9.43. The van der Waals surface area contributed by atoms with Crippen molar-refractivity contribution in [2.24, 2.45) is 10.9 Å². The summed E-state index contributed by atoms with van der Waals surface area (Å²) in [5, 5.41) is 7.44. The summed E-state index contributed by atoms with van der Waals surface area (Å²) in [7, 11) is -2.50. The molecule has 5 rings (SSSR count). The summed E-state index contributed by atoms with van der Waals surface area (Å²) >= 11 is 13.2. The van der Waals surface area contributed by atoms with Gasteiger partial charge in [0.05, 0.1) is 11.2 Å². The number of nitrogens with one attached hydrogen (secondary N) is 1. The highest BCUT2D eigenvalue weighted by molar-refractivity contribution is 7.89. The van der Waals surface area contributed by atoms with E-state index in [1.807, 2.05) is 32.0 Å². The summed E-state index contributed by atoms with van der Waals surface area (Å²) in [6.07, 6.45) is 2.84. The van der Waals surface area contributed by atoms with E-state index in [-0.39, 0.29) is 65.4 Å². The maximum Gasteiger partial charge on any atom is 0.253 e. The number of carbonyl (C=O) groups excluding carboxylic acids is 2. The molecule has 51 heavy (non-hydrogen) atoms. The molecule has 1 saturated heterocycles. The lowest BCUT2D eigenvalue weighted by Gasteiger charge is -2.25. The first kappa shape index (κ1) is 41.8. The molecule has 0 radical (unpaired) electrons. The first-order valence-corrected chi connectivity index (χ1v) is 18.0. The maximum atomic E-state index is 14.0. The molecule has 16 heteroatoms. The van der Waals surface area contributed by atoms with Crippen molar-refractivity contribution >= 4 is 87.0 Å². The molecule has 0 spiro atoms. The number of pyridine rings is 1. The Morgan fingerprint density at radius 1 is 1.12 bits per heavy atom. The molecule has 2 amide bonds. The number of aromatic nitrogens is 1. The second-order valence-electron chi connectivity index (χ2n) is 11.9. The van der Waals surface area contributed by atoms with Crippen LogP contribution in [0.25, 0.3) is 10.9 Å². The summed E-state index contributed by atoms with van der Waals surface area (Å²) in [6.45, 7) is 4.62. The van der Waals surface area contributed by atoms with E-state index in [0.29, 0.717) is 48.2 Å². The maximum absolute atomic E-state index is 14.0. The Kier molecular flexibility index (Phi) is 14.9. The first-order chi connectivity index (χ1) is 23.4. The Morgan fingerprint density at radius 2 is 1.84 bits per heavy atom. The van der Waals surface area contributed by atoms with Crippen molar-refractivity contribution in [3.05, 3.63) is 98.7 Å². The Morgan fingerprint density at radius 3 is 2.55 bits per heavy atom. The van der Waals surface area contributed by atoms with Crippen LogP contribution in [0.3, 0.4) is 0 Å². The number of benzene rings is 3. The highest BCUT2D eigenvalue weighted by atomic mass is 35.5. The van der Waals surface area contributed by atoms with Crippen LogP contribution in [-0.4, -0.2) is 73.4 Å². The third-order valence-corrected chi connectivity index (χ3v) is 11.3. The second kappa shape index (κ2) is 18.2. The number of sulfonamides is 1. The third-order valence-electron chi connectivity index (χ3n) is 8.45. The van der Waals surface area contributed by atoms with Crippen LogP contribution >= 0.6 is 48.0 Å². The number of nitrogens with zero attached hydrogens (tertiary/aromatic N) is 4. The first-order valence-electron chi connectivity index (χ1n) is 15.8. The lowest BCUT2D eigenvalue weighted by atomic mass is 10.1. The molecule has 1 fully saturated rings. The summed E-state index contributed by atoms with van der Waals surface area (Å²) in [4.78, 5) is 32.1. The number of halogens is 4. The number of hydrogen-bond donors (Lipinski definition) is 2. The van der Waals surface area contributed by atoms with Crippen LogP contribution in [-0.2, 0) is 21.4 Å². The van der Waals surface area contributed by atoms with E-state index in [4.69, 9.17) is 33.8 Å². The molecule has 274 valence electrons. The van der Waals surface area contributed by atoms with Crippen LogP contribution in [0.4, 0.5) is 0 Å². The molecule has 1 aliphatic heterocycles. The van der Waals surface area contributed by atoms with Crippen LogP contribution in [0.15, 0.2) is 70.7 Å². The number of aryl methyl sites for hydroxylation is 2. The number of carbonyl (C=O) groups is 2. The Bertz CT molecular complexity index is 2010. The van der Waals surface area contributed by atoms with Crippen LogP contribution in [0, 0.1) is 13.8 Å². The predicted molar refractivity (Wildman–Crippen MR) is 206 cm³/mol. The minimum absolute atomic E-state index is 0. The topological polar surface area (TPSA) is 147 Å². The molecule has 2 heterocycles. The Balaban J connectivity index is 0.00000351. The standard InChI is InChI=1S/C35H38Cl2N6O5S.2ClH/c1-22-19-23(2)41-33-26(22)7-4-9-30(33)48-21-27-28(36)14-15-31(32(27)37)49(46,47)43-18-5-8-29(43)34(44)39-16-6-17-42(3)35(45)25-12-10-24(11-13-25)20-40-38;;/h4,7,9-15,19-20,29H,5-6,8,16-18,21,38H2,1-3H3,(H,39,44);2*1H/t29-;;/m0../s1. The highest BCUT2D eigenvalue weighted by Gasteiger charge is 2.40. The molecule has 0 unspecified atom stereocenters. The summed E-state index contributed by atoms with van der Waals surface area (Å²) in [5.41, 5.74) is 4.18. The molecular formula is C35H40Cl4N6O5S. The SMILES string of the molecule is Cc1cc(C)c2cccc(OCc3c(Cl)ccc(S(=O)(=O)N4CCC[C@H]4C(=O)NCCCN(C)C(=O)c4ccc(C=NN)cc4)c3Cl)c2n1.Cl.Cl. The van der Waals surface area contributed by atoms with Gasteiger partial charge in [-0.25, -0.2) is 13.4 Å². The van der Waals surface area contributed by atoms with Gasteiger partial charge in [0.25, 0.3) is 5.91 Å². The van der Waals surface area contributed by atoms with Crippen molar-refractivity contribution in [3.63, 3.8) is 0 Å². The Labute approximate surface area is 320 Å². The molecule has 3 aromatic carbocycles. The van der Waals surface area contributed by atoms with Crippen LogP contribution in [0.2, 0.25) is 10.0 Å². The number of amides is 2. The van der Waals surface area contributed by atoms with Gasteiger partial charge in [0.1, 0.15) is 28.8 Å². The van der Waals surface area contributed by atoms with E-state index >= 15 is 0 Å². The summed E-state index contributed by atoms with van der Waals surface area (Å²) in [5.74, 6) is 5.11. The smallest absolute Gasteiger partial charge is 0.253 e. The molecule has 0 saturated carbocycles. The molecule has 0 aliphatic carbocycles. The van der Waals surface area contributed by atoms with Gasteiger partial charge in [0, 0.05) is 53.9 Å². The molecule has 0 bridgehead atoms. The molecule has 3 N–H and O–H groups in total. The number of ether oxygens (including phenoxy) is 1. The van der Waals surface area contributed by atoms with E-state index in [1.54, 1.807) is 42.3 Å². The van der Waals surface area contributed by atoms with E-state index < -0.39 is 22.0 Å². The van der Waals surface area contributed by atoms with Gasteiger partial charge in [-0.15, -0.1) is 24.8 Å². The molecule has 1 atom stereocenters. The number of hydrazone groups is 1. The second-order valence-corrected chi connectivity index (χ2v) is 14.5. The van der Waals surface area contributed by atoms with E-state index in [2.05, 4.69) is 15.4 Å². The van der Waals surface area contributed by atoms with Gasteiger partial charge < -0.3 is 20.8 Å². The fourth-order valence-corrected chi connectivity index (χ4v) is 8.43. The minimum atomic E-state index is -4.18. The fraction of sp³-hybridized carbons (Fsp3) is 0.314. The summed E-state index contributed by atoms with van der Waals surface area (Å²) in [6, 6.07) is 16.4. The molecular weight excluding hydrogens is 758 g/mol. The zero-order chi connectivity index (χ0) is 35.3. The van der Waals surface area contributed by atoms with Crippen molar-refractivity contribution in [1.82, 2.24) is 19.5 Å². The van der Waals surface area contributed by atoms with Crippen LogP contribution in [0.5, 0.6) is 5.75 Å². The molecule has 1 aromatic heterocycles. The fourth-order valence-electron chi connectivity index (χ4n) is 5.91. The molecule has 1 aliphatic rings. The predicted octanol–water partition coefficient (Wildman–Crippen LogP) is 6.31. The number of fused-ring (bicyclic) bond motifs is 1. The normalized spacial score (nSPS) is 14.6. The monoisotopic (exact) mass is 796 g/mol. The Hall–Kier alpha value is -3.65. The van der Waals surface area contributed by atoms with Crippen molar-refractivity contribution in [1.29, 1.82) is 0 Å². The van der Waals surface area contributed by atoms with Gasteiger partial charge in [-0.05, 0) is 80.6 Å². The van der Waals surface area contributed by atoms with Crippen LogP contribution < -0.4 is 15.9 Å². The average Bonchev–Trinajstić information content (AvgIpc) is 3.58. The van der Waals surface area contributed by atoms with E-state index in [0.717, 1.165) is 22.2 Å². The van der Waals surface area contributed by atoms with Gasteiger partial charge in [-0.2, -0.15) is 9.41 Å². The number of nitrogens with two attached hydrogens (primary N) is 1. The van der Waals surface area contributed by atoms with Gasteiger partial charge in [0.15, 0.2) is 0 Å². The van der Waals surface area contributed by atoms with Crippen molar-refractivity contribution in [2.45, 2.75) is 50.7 Å². The van der Waals surface area contributed by atoms with E-state index in [1.165, 1.54) is 22.7 Å². The van der Waals surface area contributed by atoms with Crippen LogP contribution in [0.1, 0.15) is 52.0 Å². The largest absolute Gasteiger partial charge is 0.487 e.